The van der Waals surface area contributed by atoms with Gasteiger partial charge < -0.3 is 5.32 Å². The SMILES string of the molecule is Cc1ccc(S(=O)(=O)N2CCC(C(=O)Nc3ccc(N=O)cc3)CC2)c(C)c1. The second-order valence-corrected chi connectivity index (χ2v) is 8.98. The normalized spacial score (nSPS) is 15.9. The Morgan fingerprint density at radius 1 is 1.07 bits per heavy atom. The van der Waals surface area contributed by atoms with Crippen LogP contribution < -0.4 is 5.32 Å². The number of carbonyl (C=O) groups excluding carboxylic acids is 1. The molecule has 148 valence electrons. The lowest BCUT2D eigenvalue weighted by molar-refractivity contribution is -0.120. The number of hydrogen-bond acceptors (Lipinski definition) is 5. The largest absolute Gasteiger partial charge is 0.326 e. The number of nitroso groups, excluding NO2 is 1. The van der Waals surface area contributed by atoms with Crippen LogP contribution in [0.15, 0.2) is 52.5 Å². The Morgan fingerprint density at radius 3 is 2.29 bits per heavy atom. The van der Waals surface area contributed by atoms with Gasteiger partial charge in [-0.15, -0.1) is 4.91 Å². The van der Waals surface area contributed by atoms with Crippen molar-refractivity contribution in [2.75, 3.05) is 18.4 Å². The number of nitrogens with one attached hydrogen (secondary N) is 1. The van der Waals surface area contributed by atoms with E-state index in [0.717, 1.165) is 11.1 Å². The summed E-state index contributed by atoms with van der Waals surface area (Å²) in [5.41, 5.74) is 2.63. The quantitative estimate of drug-likeness (QED) is 0.772. The van der Waals surface area contributed by atoms with Gasteiger partial charge in [0.2, 0.25) is 15.9 Å². The van der Waals surface area contributed by atoms with Crippen molar-refractivity contribution in [3.63, 3.8) is 0 Å². The number of piperidine rings is 1. The highest BCUT2D eigenvalue weighted by Crippen LogP contribution is 2.27. The highest BCUT2D eigenvalue weighted by molar-refractivity contribution is 7.89. The molecule has 0 radical (unpaired) electrons. The first kappa shape index (κ1) is 20.2. The molecule has 0 bridgehead atoms. The third kappa shape index (κ3) is 4.28. The highest BCUT2D eigenvalue weighted by Gasteiger charge is 2.32. The summed E-state index contributed by atoms with van der Waals surface area (Å²) in [5.74, 6) is -0.398. The van der Waals surface area contributed by atoms with Crippen LogP contribution in [0.25, 0.3) is 0 Å². The molecule has 8 heteroatoms. The van der Waals surface area contributed by atoms with Crippen LogP contribution in [0.5, 0.6) is 0 Å². The third-order valence-electron chi connectivity index (χ3n) is 5.01. The Hall–Kier alpha value is -2.58. The molecule has 0 atom stereocenters. The lowest BCUT2D eigenvalue weighted by Crippen LogP contribution is -2.41. The van der Waals surface area contributed by atoms with E-state index in [0.29, 0.717) is 42.2 Å². The number of nitrogens with zero attached hydrogens (tertiary/aromatic N) is 2. The summed E-state index contributed by atoms with van der Waals surface area (Å²) < 4.78 is 27.3. The fraction of sp³-hybridized carbons (Fsp3) is 0.350. The Labute approximate surface area is 164 Å². The van der Waals surface area contributed by atoms with Crippen LogP contribution in [0.4, 0.5) is 11.4 Å². The monoisotopic (exact) mass is 401 g/mol. The lowest BCUT2D eigenvalue weighted by atomic mass is 9.97. The molecule has 0 aliphatic carbocycles. The zero-order valence-corrected chi connectivity index (χ0v) is 16.7. The van der Waals surface area contributed by atoms with Crippen LogP contribution in [0.2, 0.25) is 0 Å². The Bertz CT molecular complexity index is 979. The molecule has 0 unspecified atom stereocenters. The van der Waals surface area contributed by atoms with Crippen molar-refractivity contribution in [2.24, 2.45) is 11.1 Å². The van der Waals surface area contributed by atoms with Gasteiger partial charge in [0.15, 0.2) is 0 Å². The van der Waals surface area contributed by atoms with E-state index in [2.05, 4.69) is 10.5 Å². The summed E-state index contributed by atoms with van der Waals surface area (Å²) in [6, 6.07) is 11.6. The molecular weight excluding hydrogens is 378 g/mol. The standard InChI is InChI=1S/C20H23N3O4S/c1-14-3-8-19(15(2)13-14)28(26,27)23-11-9-16(10-12-23)20(24)21-17-4-6-18(22-25)7-5-17/h3-8,13,16H,9-12H2,1-2H3,(H,21,24). The van der Waals surface area contributed by atoms with E-state index in [9.17, 15) is 18.1 Å². The van der Waals surface area contributed by atoms with Crippen molar-refractivity contribution < 1.29 is 13.2 Å². The van der Waals surface area contributed by atoms with Gasteiger partial charge in [0.25, 0.3) is 0 Å². The Kier molecular flexibility index (Phi) is 5.90. The number of amides is 1. The van der Waals surface area contributed by atoms with Gasteiger partial charge in [-0.05, 0) is 67.8 Å². The van der Waals surface area contributed by atoms with Crippen LogP contribution in [0.3, 0.4) is 0 Å². The van der Waals surface area contributed by atoms with E-state index in [4.69, 9.17) is 0 Å². The number of carbonyl (C=O) groups is 1. The molecule has 28 heavy (non-hydrogen) atoms. The summed E-state index contributed by atoms with van der Waals surface area (Å²) in [4.78, 5) is 23.2. The molecule has 2 aromatic carbocycles. The lowest BCUT2D eigenvalue weighted by Gasteiger charge is -2.31. The van der Waals surface area contributed by atoms with Crippen LogP contribution >= 0.6 is 0 Å². The molecule has 7 nitrogen and oxygen atoms in total. The van der Waals surface area contributed by atoms with Crippen LogP contribution in [-0.4, -0.2) is 31.7 Å². The molecule has 2 aromatic rings. The second kappa shape index (κ2) is 8.20. The number of rotatable bonds is 5. The first-order valence-electron chi connectivity index (χ1n) is 9.13. The van der Waals surface area contributed by atoms with E-state index in [1.54, 1.807) is 31.2 Å². The van der Waals surface area contributed by atoms with Crippen molar-refractivity contribution in [1.29, 1.82) is 0 Å². The van der Waals surface area contributed by atoms with E-state index >= 15 is 0 Å². The molecule has 3 rings (SSSR count). The number of anilines is 1. The van der Waals surface area contributed by atoms with Crippen molar-refractivity contribution in [3.8, 4) is 0 Å². The van der Waals surface area contributed by atoms with Crippen LogP contribution in [0.1, 0.15) is 24.0 Å². The van der Waals surface area contributed by atoms with Gasteiger partial charge >= 0.3 is 0 Å². The zero-order valence-electron chi connectivity index (χ0n) is 15.9. The average Bonchev–Trinajstić information content (AvgIpc) is 2.68. The van der Waals surface area contributed by atoms with Crippen molar-refractivity contribution >= 4 is 27.3 Å². The minimum atomic E-state index is -3.56. The molecule has 0 aromatic heterocycles. The van der Waals surface area contributed by atoms with E-state index in [1.165, 1.54) is 16.4 Å². The molecule has 1 fully saturated rings. The first-order valence-corrected chi connectivity index (χ1v) is 10.6. The van der Waals surface area contributed by atoms with Gasteiger partial charge in [0.05, 0.1) is 4.90 Å². The predicted octanol–water partition coefficient (Wildman–Crippen LogP) is 3.74. The summed E-state index contributed by atoms with van der Waals surface area (Å²) in [6.07, 6.45) is 0.925. The molecular formula is C20H23N3O4S. The summed E-state index contributed by atoms with van der Waals surface area (Å²) >= 11 is 0. The van der Waals surface area contributed by atoms with E-state index in [1.807, 2.05) is 13.0 Å². The Balaban J connectivity index is 1.63. The Morgan fingerprint density at radius 2 is 1.71 bits per heavy atom. The fourth-order valence-corrected chi connectivity index (χ4v) is 5.11. The first-order chi connectivity index (χ1) is 13.3. The van der Waals surface area contributed by atoms with Gasteiger partial charge in [0, 0.05) is 24.7 Å². The summed E-state index contributed by atoms with van der Waals surface area (Å²) in [5, 5.41) is 5.64. The zero-order chi connectivity index (χ0) is 20.3. The minimum Gasteiger partial charge on any atom is -0.326 e. The molecule has 1 heterocycles. The topological polar surface area (TPSA) is 95.9 Å². The number of hydrogen-bond donors (Lipinski definition) is 1. The number of aryl methyl sites for hydroxylation is 2. The highest BCUT2D eigenvalue weighted by atomic mass is 32.2. The minimum absolute atomic E-state index is 0.143. The van der Waals surface area contributed by atoms with Crippen molar-refractivity contribution in [3.05, 3.63) is 58.5 Å². The van der Waals surface area contributed by atoms with Crippen LogP contribution in [0, 0.1) is 24.7 Å². The molecule has 0 saturated carbocycles. The summed E-state index contributed by atoms with van der Waals surface area (Å²) in [7, 11) is -3.56. The van der Waals surface area contributed by atoms with E-state index in [-0.39, 0.29) is 11.8 Å². The van der Waals surface area contributed by atoms with Crippen LogP contribution in [-0.2, 0) is 14.8 Å². The van der Waals surface area contributed by atoms with Gasteiger partial charge in [-0.25, -0.2) is 8.42 Å². The van der Waals surface area contributed by atoms with Gasteiger partial charge in [0.1, 0.15) is 5.69 Å². The third-order valence-corrected chi connectivity index (χ3v) is 7.07. The fourth-order valence-electron chi connectivity index (χ4n) is 3.44. The molecule has 1 saturated heterocycles. The molecule has 1 amide bonds. The van der Waals surface area contributed by atoms with Gasteiger partial charge in [-0.1, -0.05) is 17.7 Å². The van der Waals surface area contributed by atoms with Crippen molar-refractivity contribution in [1.82, 2.24) is 4.31 Å². The predicted molar refractivity (Wildman–Crippen MR) is 108 cm³/mol. The smallest absolute Gasteiger partial charge is 0.243 e. The maximum absolute atomic E-state index is 12.9. The molecule has 1 aliphatic rings. The molecule has 1 aliphatic heterocycles. The summed E-state index contributed by atoms with van der Waals surface area (Å²) in [6.45, 7) is 4.34. The maximum atomic E-state index is 12.9. The maximum Gasteiger partial charge on any atom is 0.243 e. The van der Waals surface area contributed by atoms with Gasteiger partial charge in [-0.2, -0.15) is 4.31 Å². The number of benzene rings is 2. The molecule has 0 spiro atoms. The van der Waals surface area contributed by atoms with Crippen molar-refractivity contribution in [2.45, 2.75) is 31.6 Å². The molecule has 1 N–H and O–H groups in total. The average molecular weight is 401 g/mol. The van der Waals surface area contributed by atoms with Gasteiger partial charge in [-0.3, -0.25) is 4.79 Å². The number of sulfonamides is 1. The second-order valence-electron chi connectivity index (χ2n) is 7.07. The van der Waals surface area contributed by atoms with E-state index < -0.39 is 10.0 Å².